The molecule has 4 nitrogen and oxygen atoms in total. The number of imidazole rings is 1. The third-order valence-electron chi connectivity index (χ3n) is 9.48. The number of hydrogen-bond acceptors (Lipinski definition) is 2. The molecular formula is C41H49N4+. The molecule has 4 aromatic rings. The lowest BCUT2D eigenvalue weighted by Gasteiger charge is -2.29. The first-order valence-corrected chi connectivity index (χ1v) is 16.8. The molecular weight excluding hydrogens is 548 g/mol. The zero-order valence-electron chi connectivity index (χ0n) is 28.5. The Morgan fingerprint density at radius 1 is 0.733 bits per heavy atom. The van der Waals surface area contributed by atoms with Crippen molar-refractivity contribution < 1.29 is 0 Å². The number of fused-ring (bicyclic) bond motifs is 3. The molecule has 0 fully saturated rings. The van der Waals surface area contributed by atoms with E-state index in [1.807, 2.05) is 0 Å². The van der Waals surface area contributed by atoms with Gasteiger partial charge in [-0.15, -0.1) is 0 Å². The zero-order valence-corrected chi connectivity index (χ0v) is 28.5. The van der Waals surface area contributed by atoms with Crippen LogP contribution in [0, 0.1) is 0 Å². The summed E-state index contributed by atoms with van der Waals surface area (Å²) in [7, 11) is 2.16. The Morgan fingerprint density at radius 2 is 1.31 bits per heavy atom. The number of nitrogens with zero attached hydrogens (tertiary/aromatic N) is 3. The molecule has 0 bridgehead atoms. The molecule has 6 rings (SSSR count). The van der Waals surface area contributed by atoms with E-state index in [9.17, 15) is 0 Å². The Morgan fingerprint density at radius 3 is 1.91 bits per heavy atom. The van der Waals surface area contributed by atoms with Gasteiger partial charge >= 0.3 is 5.82 Å². The van der Waals surface area contributed by atoms with Gasteiger partial charge in [0.1, 0.15) is 23.6 Å². The highest BCUT2D eigenvalue weighted by Crippen LogP contribution is 2.43. The van der Waals surface area contributed by atoms with Gasteiger partial charge in [-0.1, -0.05) is 122 Å². The van der Waals surface area contributed by atoms with Gasteiger partial charge in [-0.3, -0.25) is 0 Å². The molecule has 1 unspecified atom stereocenters. The number of anilines is 1. The van der Waals surface area contributed by atoms with Crippen LogP contribution in [0.3, 0.4) is 0 Å². The van der Waals surface area contributed by atoms with Crippen LogP contribution in [0.5, 0.6) is 0 Å². The summed E-state index contributed by atoms with van der Waals surface area (Å²) in [4.78, 5) is 5.56. The highest BCUT2D eigenvalue weighted by Gasteiger charge is 2.37. The lowest BCUT2D eigenvalue weighted by Crippen LogP contribution is -2.23. The largest absolute Gasteiger partial charge is 0.369 e. The summed E-state index contributed by atoms with van der Waals surface area (Å²) in [6, 6.07) is 22.3. The Hall–Kier alpha value is -4.18. The number of rotatable bonds is 9. The monoisotopic (exact) mass is 597 g/mol. The molecule has 1 atom stereocenters. The Kier molecular flexibility index (Phi) is 8.43. The Balaban J connectivity index is 1.61. The van der Waals surface area contributed by atoms with E-state index < -0.39 is 0 Å². The summed E-state index contributed by atoms with van der Waals surface area (Å²) in [5.74, 6) is 3.50. The minimum absolute atomic E-state index is 0.138. The van der Waals surface area contributed by atoms with Crippen molar-refractivity contribution in [3.05, 3.63) is 124 Å². The van der Waals surface area contributed by atoms with Crippen LogP contribution in [-0.4, -0.2) is 15.3 Å². The molecule has 0 saturated carbocycles. The van der Waals surface area contributed by atoms with Crippen LogP contribution in [0.2, 0.25) is 0 Å². The maximum atomic E-state index is 5.56. The van der Waals surface area contributed by atoms with Gasteiger partial charge < -0.3 is 9.88 Å². The summed E-state index contributed by atoms with van der Waals surface area (Å²) in [5.41, 5.74) is 13.1. The minimum Gasteiger partial charge on any atom is -0.369 e. The second kappa shape index (κ2) is 12.3. The standard InChI is InChI=1S/C41H49N4/c1-25(2)29-18-14-19-30(26(3)4)38(29)40(43-39-31(27(5)6)20-15-21-32(39)28(7)8)41-42-37(24-44(41)9)45-35-22-12-10-16-33(35)34-17-11-13-23-36(34)45/h10-22,24-28,40,43H,23H2,1-9H3/q+1. The Bertz CT molecular complexity index is 1770. The summed E-state index contributed by atoms with van der Waals surface area (Å²) < 4.78 is 4.63. The van der Waals surface area contributed by atoms with Crippen molar-refractivity contribution in [1.82, 2.24) is 14.1 Å². The molecule has 1 aliphatic carbocycles. The van der Waals surface area contributed by atoms with Gasteiger partial charge in [-0.2, -0.15) is 4.58 Å². The van der Waals surface area contributed by atoms with Gasteiger partial charge in [-0.05, 0) is 68.6 Å². The van der Waals surface area contributed by atoms with Crippen LogP contribution >= 0.6 is 0 Å². The topological polar surface area (TPSA) is 32.9 Å². The highest BCUT2D eigenvalue weighted by molar-refractivity contribution is 6.31. The summed E-state index contributed by atoms with van der Waals surface area (Å²) >= 11 is 0. The van der Waals surface area contributed by atoms with Crippen molar-refractivity contribution in [3.63, 3.8) is 0 Å². The fourth-order valence-electron chi connectivity index (χ4n) is 7.22. The maximum Gasteiger partial charge on any atom is 0.347 e. The molecule has 2 heterocycles. The van der Waals surface area contributed by atoms with Crippen molar-refractivity contribution >= 4 is 28.5 Å². The Labute approximate surface area is 270 Å². The van der Waals surface area contributed by atoms with Crippen LogP contribution in [0.25, 0.3) is 5.57 Å². The van der Waals surface area contributed by atoms with Crippen LogP contribution in [0.1, 0.15) is 131 Å². The van der Waals surface area contributed by atoms with E-state index in [0.29, 0.717) is 23.7 Å². The van der Waals surface area contributed by atoms with E-state index in [4.69, 9.17) is 4.98 Å². The van der Waals surface area contributed by atoms with Gasteiger partial charge in [-0.25, -0.2) is 0 Å². The van der Waals surface area contributed by atoms with E-state index in [2.05, 4.69) is 162 Å². The average Bonchev–Trinajstić information content (AvgIpc) is 3.56. The van der Waals surface area contributed by atoms with Crippen molar-refractivity contribution in [3.8, 4) is 0 Å². The SMILES string of the molecule is CC(C)c1cccc(C(C)C)c1NC(c1c(C(C)C)cccc1C(C)C)c1nc([N+]2=C3CC=CC=C3c3ccccc32)cn1C. The molecule has 0 amide bonds. The molecule has 0 saturated heterocycles. The van der Waals surface area contributed by atoms with Crippen molar-refractivity contribution in [2.45, 2.75) is 91.5 Å². The predicted octanol–water partition coefficient (Wildman–Crippen LogP) is 10.7. The molecule has 1 N–H and O–H groups in total. The van der Waals surface area contributed by atoms with E-state index in [-0.39, 0.29) is 6.04 Å². The van der Waals surface area contributed by atoms with Gasteiger partial charge in [0.25, 0.3) is 5.82 Å². The van der Waals surface area contributed by atoms with Crippen LogP contribution in [0.15, 0.2) is 85.1 Å². The minimum atomic E-state index is -0.138. The smallest absolute Gasteiger partial charge is 0.347 e. The van der Waals surface area contributed by atoms with E-state index in [1.54, 1.807) is 0 Å². The van der Waals surface area contributed by atoms with Crippen molar-refractivity contribution in [1.29, 1.82) is 0 Å². The molecule has 2 aliphatic rings. The second-order valence-electron chi connectivity index (χ2n) is 13.9. The predicted molar refractivity (Wildman–Crippen MR) is 193 cm³/mol. The first kappa shape index (κ1) is 30.8. The first-order valence-electron chi connectivity index (χ1n) is 16.8. The number of benzene rings is 3. The van der Waals surface area contributed by atoms with Gasteiger partial charge in [0, 0.05) is 30.3 Å². The molecule has 0 spiro atoms. The van der Waals surface area contributed by atoms with Gasteiger partial charge in [0.05, 0.1) is 0 Å². The van der Waals surface area contributed by atoms with Crippen LogP contribution in [-0.2, 0) is 7.05 Å². The van der Waals surface area contributed by atoms with Crippen LogP contribution in [0.4, 0.5) is 17.2 Å². The molecule has 45 heavy (non-hydrogen) atoms. The highest BCUT2D eigenvalue weighted by atomic mass is 15.2. The lowest BCUT2D eigenvalue weighted by atomic mass is 9.84. The third kappa shape index (κ3) is 5.49. The molecule has 4 heteroatoms. The second-order valence-corrected chi connectivity index (χ2v) is 13.9. The average molecular weight is 598 g/mol. The number of allylic oxidation sites excluding steroid dienone is 4. The van der Waals surface area contributed by atoms with Crippen LogP contribution < -0.4 is 9.89 Å². The number of hydrogen-bond donors (Lipinski definition) is 1. The fraction of sp³-hybridized carbons (Fsp3) is 0.366. The molecule has 3 aromatic carbocycles. The summed E-state index contributed by atoms with van der Waals surface area (Å²) in [6.07, 6.45) is 9.78. The van der Waals surface area contributed by atoms with E-state index >= 15 is 0 Å². The number of aromatic nitrogens is 2. The third-order valence-corrected chi connectivity index (χ3v) is 9.48. The lowest BCUT2D eigenvalue weighted by molar-refractivity contribution is 0.705. The molecule has 1 aromatic heterocycles. The molecule has 1 aliphatic heterocycles. The summed E-state index contributed by atoms with van der Waals surface area (Å²) in [6.45, 7) is 18.4. The number of nitrogens with one attached hydrogen (secondary N) is 1. The molecule has 232 valence electrons. The fourth-order valence-corrected chi connectivity index (χ4v) is 7.22. The zero-order chi connectivity index (χ0) is 32.0. The van der Waals surface area contributed by atoms with E-state index in [1.165, 1.54) is 56.0 Å². The van der Waals surface area contributed by atoms with Gasteiger partial charge in [0.15, 0.2) is 0 Å². The maximum absolute atomic E-state index is 5.56. The first-order chi connectivity index (χ1) is 21.6. The van der Waals surface area contributed by atoms with Crippen molar-refractivity contribution in [2.75, 3.05) is 5.32 Å². The van der Waals surface area contributed by atoms with E-state index in [0.717, 1.165) is 18.1 Å². The quantitative estimate of drug-likeness (QED) is 0.195. The molecule has 0 radical (unpaired) electrons. The summed E-state index contributed by atoms with van der Waals surface area (Å²) in [5, 5.41) is 4.19. The number of para-hydroxylation sites is 2. The number of aryl methyl sites for hydroxylation is 1. The normalized spacial score (nSPS) is 14.9. The van der Waals surface area contributed by atoms with Gasteiger partial charge in [0.2, 0.25) is 0 Å². The van der Waals surface area contributed by atoms with Crippen molar-refractivity contribution in [2.24, 2.45) is 7.05 Å².